The molecule has 0 bridgehead atoms. The zero-order valence-corrected chi connectivity index (χ0v) is 13.8. The van der Waals surface area contributed by atoms with Crippen LogP contribution in [0, 0.1) is 11.8 Å². The first-order chi connectivity index (χ1) is 10.2. The molecule has 1 aliphatic rings. The van der Waals surface area contributed by atoms with Crippen molar-refractivity contribution in [3.05, 3.63) is 29.6 Å². The number of ether oxygens (including phenoxy) is 1. The van der Waals surface area contributed by atoms with Crippen molar-refractivity contribution in [1.29, 1.82) is 0 Å². The zero-order chi connectivity index (χ0) is 15.1. The molecule has 1 aliphatic carbocycles. The molecule has 1 aromatic heterocycles. The summed E-state index contributed by atoms with van der Waals surface area (Å²) in [6.45, 7) is 9.46. The topological polar surface area (TPSA) is 34.1 Å². The van der Waals surface area contributed by atoms with E-state index >= 15 is 0 Å². The number of pyridine rings is 1. The molecule has 3 nitrogen and oxygen atoms in total. The van der Waals surface area contributed by atoms with Crippen molar-refractivity contribution in [3.8, 4) is 0 Å². The van der Waals surface area contributed by atoms with Crippen LogP contribution in [-0.2, 0) is 17.9 Å². The maximum Gasteiger partial charge on any atom is 0.0891 e. The second-order valence-corrected chi connectivity index (χ2v) is 6.69. The molecule has 2 rings (SSSR count). The lowest BCUT2D eigenvalue weighted by atomic mass is 9.82. The summed E-state index contributed by atoms with van der Waals surface area (Å²) in [6, 6.07) is 4.25. The van der Waals surface area contributed by atoms with Crippen LogP contribution in [-0.4, -0.2) is 17.6 Å². The molecule has 0 radical (unpaired) electrons. The van der Waals surface area contributed by atoms with Crippen LogP contribution in [0.15, 0.2) is 18.3 Å². The fourth-order valence-electron chi connectivity index (χ4n) is 3.27. The van der Waals surface area contributed by atoms with Gasteiger partial charge in [0.15, 0.2) is 0 Å². The third kappa shape index (κ3) is 5.76. The van der Waals surface area contributed by atoms with E-state index in [2.05, 4.69) is 43.2 Å². The summed E-state index contributed by atoms with van der Waals surface area (Å²) in [7, 11) is 0. The number of hydrogen-bond donors (Lipinski definition) is 1. The Morgan fingerprint density at radius 2 is 1.95 bits per heavy atom. The highest BCUT2D eigenvalue weighted by atomic mass is 16.5. The van der Waals surface area contributed by atoms with E-state index in [9.17, 15) is 0 Å². The molecule has 0 saturated heterocycles. The molecule has 0 aliphatic heterocycles. The number of nitrogens with zero attached hydrogens (tertiary/aromatic N) is 1. The van der Waals surface area contributed by atoms with E-state index in [1.165, 1.54) is 24.8 Å². The van der Waals surface area contributed by atoms with E-state index in [0.717, 1.165) is 37.0 Å². The molecule has 0 amide bonds. The summed E-state index contributed by atoms with van der Waals surface area (Å²) >= 11 is 0. The summed E-state index contributed by atoms with van der Waals surface area (Å²) in [4.78, 5) is 4.51. The third-order valence-corrected chi connectivity index (χ3v) is 4.24. The Bertz CT molecular complexity index is 394. The molecule has 0 spiro atoms. The first-order valence-electron chi connectivity index (χ1n) is 8.43. The minimum Gasteiger partial charge on any atom is -0.372 e. The van der Waals surface area contributed by atoms with E-state index in [1.54, 1.807) is 0 Å². The highest BCUT2D eigenvalue weighted by Gasteiger charge is 2.24. The van der Waals surface area contributed by atoms with Gasteiger partial charge in [0.25, 0.3) is 0 Å². The number of rotatable bonds is 7. The fourth-order valence-corrected chi connectivity index (χ4v) is 3.27. The maximum atomic E-state index is 6.07. The molecule has 1 saturated carbocycles. The van der Waals surface area contributed by atoms with Gasteiger partial charge in [0.1, 0.15) is 0 Å². The summed E-state index contributed by atoms with van der Waals surface area (Å²) in [6.07, 6.45) is 7.28. The Labute approximate surface area is 129 Å². The van der Waals surface area contributed by atoms with Crippen molar-refractivity contribution in [2.45, 2.75) is 65.7 Å². The van der Waals surface area contributed by atoms with Crippen LogP contribution < -0.4 is 5.32 Å². The molecule has 1 heterocycles. The summed E-state index contributed by atoms with van der Waals surface area (Å²) in [5.74, 6) is 1.58. The standard InChI is InChI=1S/C18H30N2O/c1-4-7-19-11-16-5-6-17(20-12-16)13-21-18-9-14(2)8-15(3)10-18/h5-6,12,14-15,18-19H,4,7-11,13H2,1-3H3. The van der Waals surface area contributed by atoms with Crippen molar-refractivity contribution < 1.29 is 4.74 Å². The molecule has 1 aromatic rings. The van der Waals surface area contributed by atoms with Gasteiger partial charge in [-0.3, -0.25) is 4.98 Å². The van der Waals surface area contributed by atoms with E-state index in [1.807, 2.05) is 6.20 Å². The quantitative estimate of drug-likeness (QED) is 0.773. The average Bonchev–Trinajstić information content (AvgIpc) is 2.46. The summed E-state index contributed by atoms with van der Waals surface area (Å²) in [5, 5.41) is 3.39. The van der Waals surface area contributed by atoms with Gasteiger partial charge in [0.05, 0.1) is 18.4 Å². The lowest BCUT2D eigenvalue weighted by molar-refractivity contribution is -0.0105. The van der Waals surface area contributed by atoms with Gasteiger partial charge in [-0.25, -0.2) is 0 Å². The molecular weight excluding hydrogens is 260 g/mol. The van der Waals surface area contributed by atoms with Gasteiger partial charge >= 0.3 is 0 Å². The van der Waals surface area contributed by atoms with E-state index in [0.29, 0.717) is 12.7 Å². The van der Waals surface area contributed by atoms with Crippen molar-refractivity contribution in [2.24, 2.45) is 11.8 Å². The predicted molar refractivity (Wildman–Crippen MR) is 87.0 cm³/mol. The fraction of sp³-hybridized carbons (Fsp3) is 0.722. The van der Waals surface area contributed by atoms with Gasteiger partial charge < -0.3 is 10.1 Å². The SMILES string of the molecule is CCCNCc1ccc(COC2CC(C)CC(C)C2)nc1. The molecule has 1 N–H and O–H groups in total. The van der Waals surface area contributed by atoms with Gasteiger partial charge in [-0.2, -0.15) is 0 Å². The molecule has 3 heteroatoms. The van der Waals surface area contributed by atoms with Crippen LogP contribution in [0.25, 0.3) is 0 Å². The molecule has 1 fully saturated rings. The zero-order valence-electron chi connectivity index (χ0n) is 13.8. The normalized spacial score (nSPS) is 26.0. The third-order valence-electron chi connectivity index (χ3n) is 4.24. The largest absolute Gasteiger partial charge is 0.372 e. The van der Waals surface area contributed by atoms with E-state index in [-0.39, 0.29) is 0 Å². The first-order valence-corrected chi connectivity index (χ1v) is 8.43. The Hall–Kier alpha value is -0.930. The van der Waals surface area contributed by atoms with Crippen molar-refractivity contribution in [3.63, 3.8) is 0 Å². The molecule has 21 heavy (non-hydrogen) atoms. The Balaban J connectivity index is 1.75. The Morgan fingerprint density at radius 3 is 2.57 bits per heavy atom. The smallest absolute Gasteiger partial charge is 0.0891 e. The lowest BCUT2D eigenvalue weighted by Crippen LogP contribution is -2.26. The molecule has 0 aromatic carbocycles. The van der Waals surface area contributed by atoms with Crippen molar-refractivity contribution >= 4 is 0 Å². The average molecular weight is 290 g/mol. The molecular formula is C18H30N2O. The summed E-state index contributed by atoms with van der Waals surface area (Å²) < 4.78 is 6.07. The summed E-state index contributed by atoms with van der Waals surface area (Å²) in [5.41, 5.74) is 2.28. The number of hydrogen-bond acceptors (Lipinski definition) is 3. The van der Waals surface area contributed by atoms with Crippen LogP contribution in [0.2, 0.25) is 0 Å². The van der Waals surface area contributed by atoms with Crippen molar-refractivity contribution in [1.82, 2.24) is 10.3 Å². The Morgan fingerprint density at radius 1 is 1.19 bits per heavy atom. The minimum absolute atomic E-state index is 0.413. The highest BCUT2D eigenvalue weighted by molar-refractivity contribution is 5.13. The van der Waals surface area contributed by atoms with Crippen LogP contribution in [0.4, 0.5) is 0 Å². The van der Waals surface area contributed by atoms with E-state index < -0.39 is 0 Å². The van der Waals surface area contributed by atoms with Crippen LogP contribution in [0.3, 0.4) is 0 Å². The minimum atomic E-state index is 0.413. The lowest BCUT2D eigenvalue weighted by Gasteiger charge is -2.31. The van der Waals surface area contributed by atoms with Gasteiger partial charge in [-0.15, -0.1) is 0 Å². The monoisotopic (exact) mass is 290 g/mol. The van der Waals surface area contributed by atoms with Gasteiger partial charge in [-0.05, 0) is 55.7 Å². The number of aromatic nitrogens is 1. The highest BCUT2D eigenvalue weighted by Crippen LogP contribution is 2.30. The molecule has 2 unspecified atom stereocenters. The van der Waals surface area contributed by atoms with Crippen LogP contribution >= 0.6 is 0 Å². The maximum absolute atomic E-state index is 6.07. The predicted octanol–water partition coefficient (Wildman–Crippen LogP) is 3.92. The number of nitrogens with one attached hydrogen (secondary N) is 1. The van der Waals surface area contributed by atoms with Gasteiger partial charge in [0, 0.05) is 12.7 Å². The van der Waals surface area contributed by atoms with Gasteiger partial charge in [0.2, 0.25) is 0 Å². The van der Waals surface area contributed by atoms with Crippen LogP contribution in [0.1, 0.15) is 57.7 Å². The molecule has 2 atom stereocenters. The molecule has 118 valence electrons. The van der Waals surface area contributed by atoms with Gasteiger partial charge in [-0.1, -0.05) is 26.8 Å². The Kier molecular flexibility index (Phi) is 6.65. The second kappa shape index (κ2) is 8.50. The van der Waals surface area contributed by atoms with E-state index in [4.69, 9.17) is 4.74 Å². The van der Waals surface area contributed by atoms with Crippen molar-refractivity contribution in [2.75, 3.05) is 6.54 Å². The second-order valence-electron chi connectivity index (χ2n) is 6.69. The first kappa shape index (κ1) is 16.4. The van der Waals surface area contributed by atoms with Crippen LogP contribution in [0.5, 0.6) is 0 Å².